The van der Waals surface area contributed by atoms with E-state index in [4.69, 9.17) is 16.3 Å². The molecule has 35 heavy (non-hydrogen) atoms. The molecule has 1 N–H and O–H groups in total. The van der Waals surface area contributed by atoms with Crippen LogP contribution in [0.5, 0.6) is 5.75 Å². The summed E-state index contributed by atoms with van der Waals surface area (Å²) in [6, 6.07) is 15.0. The van der Waals surface area contributed by atoms with Crippen LogP contribution in [0.25, 0.3) is 0 Å². The Kier molecular flexibility index (Phi) is 7.16. The fourth-order valence-corrected chi connectivity index (χ4v) is 6.37. The molecule has 5 rings (SSSR count). The van der Waals surface area contributed by atoms with Crippen molar-refractivity contribution in [3.8, 4) is 5.75 Å². The number of aromatic nitrogens is 2. The Labute approximate surface area is 212 Å². The molecule has 1 aromatic heterocycles. The van der Waals surface area contributed by atoms with Gasteiger partial charge in [0.2, 0.25) is 0 Å². The van der Waals surface area contributed by atoms with Crippen LogP contribution in [0.2, 0.25) is 5.02 Å². The van der Waals surface area contributed by atoms with Gasteiger partial charge in [-0.3, -0.25) is 4.90 Å². The Balaban J connectivity index is 1.29. The standard InChI is InChI=1S/C26H31ClN4O3S/c1-30-17-26(28-18-30)35(32,33)29-10-13-34-22-8-6-20-7-9-25(31-11-3-12-31)24(23(20)16-22)15-19-4-2-5-21(27)14-19/h2,4-6,8,14,16-18,24-25,29H,3,7,9-13,15H2,1H3. The largest absolute Gasteiger partial charge is 0.492 e. The lowest BCUT2D eigenvalue weighted by Gasteiger charge is -2.45. The Morgan fingerprint density at radius 1 is 1.20 bits per heavy atom. The number of fused-ring (bicyclic) bond motifs is 1. The maximum Gasteiger partial charge on any atom is 0.259 e. The first-order valence-electron chi connectivity index (χ1n) is 12.1. The maximum atomic E-state index is 12.4. The molecule has 2 unspecified atom stereocenters. The SMILES string of the molecule is Cn1cnc(S(=O)(=O)NCCOc2ccc3c(c2)C(Cc2cccc(Cl)c2)C(N2CCC2)CC3)c1. The minimum atomic E-state index is -3.65. The van der Waals surface area contributed by atoms with Gasteiger partial charge in [0.05, 0.1) is 6.33 Å². The molecule has 186 valence electrons. The molecule has 3 aromatic rings. The van der Waals surface area contributed by atoms with E-state index in [-0.39, 0.29) is 18.2 Å². The molecule has 1 aliphatic heterocycles. The zero-order valence-electron chi connectivity index (χ0n) is 19.9. The van der Waals surface area contributed by atoms with Crippen LogP contribution in [0.1, 0.15) is 35.4 Å². The van der Waals surface area contributed by atoms with Crippen molar-refractivity contribution < 1.29 is 13.2 Å². The summed E-state index contributed by atoms with van der Waals surface area (Å²) in [6.45, 7) is 2.73. The zero-order valence-corrected chi connectivity index (χ0v) is 21.4. The van der Waals surface area contributed by atoms with Gasteiger partial charge in [-0.1, -0.05) is 29.8 Å². The van der Waals surface area contributed by atoms with E-state index in [1.807, 2.05) is 18.2 Å². The third-order valence-electron chi connectivity index (χ3n) is 7.01. The number of hydrogen-bond acceptors (Lipinski definition) is 5. The second kappa shape index (κ2) is 10.3. The highest BCUT2D eigenvalue weighted by molar-refractivity contribution is 7.89. The summed E-state index contributed by atoms with van der Waals surface area (Å²) >= 11 is 6.28. The van der Waals surface area contributed by atoms with Gasteiger partial charge in [0, 0.05) is 36.8 Å². The number of ether oxygens (including phenoxy) is 1. The molecular formula is C26H31ClN4O3S. The number of imidazole rings is 1. The smallest absolute Gasteiger partial charge is 0.259 e. The predicted molar refractivity (Wildman–Crippen MR) is 137 cm³/mol. The van der Waals surface area contributed by atoms with E-state index >= 15 is 0 Å². The zero-order chi connectivity index (χ0) is 24.4. The average Bonchev–Trinajstić information content (AvgIpc) is 3.24. The van der Waals surface area contributed by atoms with Crippen molar-refractivity contribution in [1.29, 1.82) is 0 Å². The summed E-state index contributed by atoms with van der Waals surface area (Å²) in [5, 5.41) is 0.777. The summed E-state index contributed by atoms with van der Waals surface area (Å²) in [5.41, 5.74) is 3.95. The topological polar surface area (TPSA) is 76.5 Å². The molecule has 0 amide bonds. The molecule has 2 aromatic carbocycles. The van der Waals surface area contributed by atoms with Crippen molar-refractivity contribution in [2.45, 2.75) is 42.7 Å². The van der Waals surface area contributed by atoms with Crippen LogP contribution in [0.4, 0.5) is 0 Å². The number of halogens is 1. The maximum absolute atomic E-state index is 12.4. The fraction of sp³-hybridized carbons (Fsp3) is 0.423. The van der Waals surface area contributed by atoms with Crippen LogP contribution in [0.15, 0.2) is 60.0 Å². The lowest BCUT2D eigenvalue weighted by molar-refractivity contribution is 0.0876. The lowest BCUT2D eigenvalue weighted by Crippen LogP contribution is -2.49. The highest BCUT2D eigenvalue weighted by atomic mass is 35.5. The van der Waals surface area contributed by atoms with Crippen molar-refractivity contribution in [3.05, 3.63) is 76.7 Å². The molecule has 0 bridgehead atoms. The number of sulfonamides is 1. The first-order chi connectivity index (χ1) is 16.9. The van der Waals surface area contributed by atoms with Crippen molar-refractivity contribution >= 4 is 21.6 Å². The minimum absolute atomic E-state index is 0.00896. The summed E-state index contributed by atoms with van der Waals surface area (Å²) in [7, 11) is -1.91. The van der Waals surface area contributed by atoms with Gasteiger partial charge < -0.3 is 9.30 Å². The summed E-state index contributed by atoms with van der Waals surface area (Å²) < 4.78 is 34.9. The lowest BCUT2D eigenvalue weighted by atomic mass is 9.75. The van der Waals surface area contributed by atoms with E-state index < -0.39 is 10.0 Å². The number of likely N-dealkylation sites (tertiary alicyclic amines) is 1. The fourth-order valence-electron chi connectivity index (χ4n) is 5.17. The van der Waals surface area contributed by atoms with Crippen molar-refractivity contribution in [2.75, 3.05) is 26.2 Å². The molecule has 1 fully saturated rings. The number of nitrogens with zero attached hydrogens (tertiary/aromatic N) is 3. The van der Waals surface area contributed by atoms with Crippen LogP contribution >= 0.6 is 11.6 Å². The molecular weight excluding hydrogens is 484 g/mol. The number of nitrogens with one attached hydrogen (secondary N) is 1. The number of rotatable bonds is 9. The van der Waals surface area contributed by atoms with Gasteiger partial charge >= 0.3 is 0 Å². The minimum Gasteiger partial charge on any atom is -0.492 e. The summed E-state index contributed by atoms with van der Waals surface area (Å²) in [5.74, 6) is 1.13. The van der Waals surface area contributed by atoms with Gasteiger partial charge in [-0.25, -0.2) is 18.1 Å². The molecule has 2 aliphatic rings. The number of hydrogen-bond donors (Lipinski definition) is 1. The van der Waals surface area contributed by atoms with E-state index in [1.54, 1.807) is 11.6 Å². The van der Waals surface area contributed by atoms with Gasteiger partial charge in [-0.2, -0.15) is 0 Å². The molecule has 2 atom stereocenters. The van der Waals surface area contributed by atoms with Crippen LogP contribution < -0.4 is 9.46 Å². The third-order valence-corrected chi connectivity index (χ3v) is 8.60. The van der Waals surface area contributed by atoms with Gasteiger partial charge in [0.15, 0.2) is 5.03 Å². The average molecular weight is 515 g/mol. The van der Waals surface area contributed by atoms with Crippen LogP contribution in [-0.4, -0.2) is 55.2 Å². The molecule has 1 aliphatic carbocycles. The third kappa shape index (κ3) is 5.56. The van der Waals surface area contributed by atoms with Gasteiger partial charge in [-0.15, -0.1) is 0 Å². The van der Waals surface area contributed by atoms with Crippen molar-refractivity contribution in [1.82, 2.24) is 19.2 Å². The molecule has 0 spiro atoms. The number of benzene rings is 2. The Morgan fingerprint density at radius 2 is 2.06 bits per heavy atom. The normalized spacial score (nSPS) is 20.3. The van der Waals surface area contributed by atoms with E-state index in [1.165, 1.54) is 48.7 Å². The Bertz CT molecular complexity index is 1290. The highest BCUT2D eigenvalue weighted by Gasteiger charge is 2.36. The van der Waals surface area contributed by atoms with Crippen LogP contribution in [0.3, 0.4) is 0 Å². The van der Waals surface area contributed by atoms with Gasteiger partial charge in [-0.05, 0) is 79.7 Å². The Morgan fingerprint density at radius 3 is 2.77 bits per heavy atom. The summed E-state index contributed by atoms with van der Waals surface area (Å²) in [6.07, 6.45) is 7.36. The van der Waals surface area contributed by atoms with Crippen molar-refractivity contribution in [2.24, 2.45) is 7.05 Å². The molecule has 9 heteroatoms. The van der Waals surface area contributed by atoms with Gasteiger partial charge in [0.1, 0.15) is 12.4 Å². The van der Waals surface area contributed by atoms with Crippen LogP contribution in [-0.2, 0) is 29.9 Å². The quantitative estimate of drug-likeness (QED) is 0.440. The first-order valence-corrected chi connectivity index (χ1v) is 14.0. The monoisotopic (exact) mass is 514 g/mol. The molecule has 2 heterocycles. The summed E-state index contributed by atoms with van der Waals surface area (Å²) in [4.78, 5) is 6.52. The second-order valence-electron chi connectivity index (χ2n) is 9.42. The second-order valence-corrected chi connectivity index (χ2v) is 11.6. The predicted octanol–water partition coefficient (Wildman–Crippen LogP) is 3.78. The van der Waals surface area contributed by atoms with Crippen LogP contribution in [0, 0.1) is 0 Å². The molecule has 1 saturated heterocycles. The molecule has 0 radical (unpaired) electrons. The first kappa shape index (κ1) is 24.3. The van der Waals surface area contributed by atoms with E-state index in [0.29, 0.717) is 12.0 Å². The van der Waals surface area contributed by atoms with E-state index in [2.05, 4.69) is 38.9 Å². The van der Waals surface area contributed by atoms with Crippen molar-refractivity contribution in [3.63, 3.8) is 0 Å². The van der Waals surface area contributed by atoms with Gasteiger partial charge in [0.25, 0.3) is 10.0 Å². The van der Waals surface area contributed by atoms with E-state index in [9.17, 15) is 8.42 Å². The molecule has 7 nitrogen and oxygen atoms in total. The number of aryl methyl sites for hydroxylation is 2. The highest BCUT2D eigenvalue weighted by Crippen LogP contribution is 2.40. The Hall–Kier alpha value is -2.39. The van der Waals surface area contributed by atoms with E-state index in [0.717, 1.165) is 30.0 Å². The molecule has 0 saturated carbocycles.